The molecule has 0 amide bonds. The normalized spacial score (nSPS) is 11.5. The van der Waals surface area contributed by atoms with Crippen molar-refractivity contribution >= 4 is 23.3 Å². The van der Waals surface area contributed by atoms with E-state index >= 15 is 0 Å². The van der Waals surface area contributed by atoms with Crippen molar-refractivity contribution < 1.29 is 23.0 Å². The fourth-order valence-corrected chi connectivity index (χ4v) is 1.05. The van der Waals surface area contributed by atoms with Crippen LogP contribution in [0, 0.1) is 20.2 Å². The highest BCUT2D eigenvalue weighted by Gasteiger charge is 2.24. The number of benzene rings is 1. The molecule has 0 bridgehead atoms. The van der Waals surface area contributed by atoms with Crippen LogP contribution in [0.15, 0.2) is 23.3 Å². The first kappa shape index (κ1) is 14.3. The number of halogens is 3. The summed E-state index contributed by atoms with van der Waals surface area (Å²) >= 11 is 0. The molecule has 8 nitrogen and oxygen atoms in total. The van der Waals surface area contributed by atoms with Crippen molar-refractivity contribution in [2.75, 3.05) is 5.43 Å². The number of anilines is 1. The fraction of sp³-hybridized carbons (Fsp3) is 0.125. The summed E-state index contributed by atoms with van der Waals surface area (Å²) in [5, 5.41) is 23.8. The van der Waals surface area contributed by atoms with Gasteiger partial charge < -0.3 is 0 Å². The molecule has 0 unspecified atom stereocenters. The van der Waals surface area contributed by atoms with Crippen LogP contribution in [0.4, 0.5) is 30.2 Å². The summed E-state index contributed by atoms with van der Waals surface area (Å²) in [5.74, 6) is 0. The number of hydrogen-bond donors (Lipinski definition) is 1. The Balaban J connectivity index is 3.04. The Labute approximate surface area is 102 Å². The summed E-state index contributed by atoms with van der Waals surface area (Å²) in [6, 6.07) is 2.41. The second-order valence-electron chi connectivity index (χ2n) is 3.13. The topological polar surface area (TPSA) is 111 Å². The molecule has 0 heterocycles. The van der Waals surface area contributed by atoms with E-state index in [2.05, 4.69) is 5.10 Å². The van der Waals surface area contributed by atoms with Crippen LogP contribution < -0.4 is 5.43 Å². The monoisotopic (exact) mass is 278 g/mol. The van der Waals surface area contributed by atoms with Crippen molar-refractivity contribution in [1.29, 1.82) is 0 Å². The molecule has 0 aliphatic heterocycles. The highest BCUT2D eigenvalue weighted by Crippen LogP contribution is 2.28. The third-order valence-electron chi connectivity index (χ3n) is 1.78. The number of hydrazone groups is 1. The zero-order valence-electron chi connectivity index (χ0n) is 8.92. The average Bonchev–Trinajstić information content (AvgIpc) is 2.27. The zero-order valence-corrected chi connectivity index (χ0v) is 8.92. The minimum atomic E-state index is -4.68. The first-order chi connectivity index (χ1) is 8.70. The number of nitro benzene ring substituents is 2. The number of rotatable bonds is 4. The van der Waals surface area contributed by atoms with E-state index < -0.39 is 39.3 Å². The van der Waals surface area contributed by atoms with Crippen molar-refractivity contribution in [2.45, 2.75) is 6.18 Å². The number of hydrogen-bond acceptors (Lipinski definition) is 6. The molecule has 1 N–H and O–H groups in total. The van der Waals surface area contributed by atoms with Gasteiger partial charge >= 0.3 is 11.9 Å². The lowest BCUT2D eigenvalue weighted by Crippen LogP contribution is -2.10. The first-order valence-electron chi connectivity index (χ1n) is 4.50. The van der Waals surface area contributed by atoms with Gasteiger partial charge in [-0.15, -0.1) is 0 Å². The standard InChI is InChI=1S/C8H5F3N4O4/c9-8(10,11)4-12-13-6-2-1-5(14(16)17)3-7(6)15(18)19/h1-4,13H/b12-4+. The number of non-ortho nitro benzene ring substituents is 1. The molecule has 1 rings (SSSR count). The number of nitrogens with one attached hydrogen (secondary N) is 1. The second-order valence-corrected chi connectivity index (χ2v) is 3.13. The summed E-state index contributed by atoms with van der Waals surface area (Å²) in [6.07, 6.45) is -5.08. The summed E-state index contributed by atoms with van der Waals surface area (Å²) in [7, 11) is 0. The Hall–Kier alpha value is -2.72. The van der Waals surface area contributed by atoms with Crippen LogP contribution in [0.1, 0.15) is 0 Å². The Morgan fingerprint density at radius 2 is 1.84 bits per heavy atom. The third kappa shape index (κ3) is 4.22. The largest absolute Gasteiger partial charge is 0.428 e. The number of nitro groups is 2. The molecule has 11 heteroatoms. The Bertz CT molecular complexity index is 543. The van der Waals surface area contributed by atoms with Gasteiger partial charge in [-0.2, -0.15) is 18.3 Å². The zero-order chi connectivity index (χ0) is 14.6. The van der Waals surface area contributed by atoms with Crippen molar-refractivity contribution in [3.8, 4) is 0 Å². The van der Waals surface area contributed by atoms with Crippen molar-refractivity contribution in [3.63, 3.8) is 0 Å². The first-order valence-corrected chi connectivity index (χ1v) is 4.50. The van der Waals surface area contributed by atoms with Gasteiger partial charge in [-0.3, -0.25) is 25.7 Å². The van der Waals surface area contributed by atoms with Gasteiger partial charge in [-0.25, -0.2) is 0 Å². The smallest absolute Gasteiger partial charge is 0.272 e. The van der Waals surface area contributed by atoms with Crippen molar-refractivity contribution in [2.24, 2.45) is 5.10 Å². The molecule has 0 atom stereocenters. The molecule has 0 aromatic heterocycles. The highest BCUT2D eigenvalue weighted by molar-refractivity contribution is 5.69. The molecule has 0 aliphatic carbocycles. The maximum absolute atomic E-state index is 11.8. The molecule has 0 saturated carbocycles. The highest BCUT2D eigenvalue weighted by atomic mass is 19.4. The Kier molecular flexibility index (Phi) is 3.99. The van der Waals surface area contributed by atoms with E-state index in [0.29, 0.717) is 6.07 Å². The number of nitrogens with zero attached hydrogens (tertiary/aromatic N) is 3. The minimum Gasteiger partial charge on any atom is -0.272 e. The second kappa shape index (κ2) is 5.29. The lowest BCUT2D eigenvalue weighted by Gasteiger charge is -2.02. The fourth-order valence-electron chi connectivity index (χ4n) is 1.05. The van der Waals surface area contributed by atoms with E-state index in [1.807, 2.05) is 0 Å². The number of alkyl halides is 3. The molecule has 1 aromatic rings. The van der Waals surface area contributed by atoms with E-state index in [0.717, 1.165) is 12.1 Å². The van der Waals surface area contributed by atoms with E-state index in [4.69, 9.17) is 0 Å². The lowest BCUT2D eigenvalue weighted by molar-refractivity contribution is -0.393. The van der Waals surface area contributed by atoms with Gasteiger partial charge in [0.1, 0.15) is 11.9 Å². The molecule has 0 radical (unpaired) electrons. The van der Waals surface area contributed by atoms with Gasteiger partial charge in [0.2, 0.25) is 0 Å². The van der Waals surface area contributed by atoms with Gasteiger partial charge in [-0.1, -0.05) is 0 Å². The van der Waals surface area contributed by atoms with Crippen LogP contribution in [0.5, 0.6) is 0 Å². The van der Waals surface area contributed by atoms with Crippen LogP contribution >= 0.6 is 0 Å². The van der Waals surface area contributed by atoms with E-state index in [1.165, 1.54) is 0 Å². The van der Waals surface area contributed by atoms with E-state index in [-0.39, 0.29) is 0 Å². The molecule has 1 aromatic carbocycles. The summed E-state index contributed by atoms with van der Waals surface area (Å²) in [6.45, 7) is 0. The van der Waals surface area contributed by atoms with Crippen LogP contribution in [0.3, 0.4) is 0 Å². The summed E-state index contributed by atoms with van der Waals surface area (Å²) < 4.78 is 35.3. The van der Waals surface area contributed by atoms with Crippen molar-refractivity contribution in [1.82, 2.24) is 0 Å². The predicted octanol–water partition coefficient (Wildman–Crippen LogP) is 2.46. The molecule has 0 aliphatic rings. The Morgan fingerprint density at radius 3 is 2.32 bits per heavy atom. The minimum absolute atomic E-state index is 0.392. The molecule has 0 fully saturated rings. The maximum atomic E-state index is 11.8. The van der Waals surface area contributed by atoms with Crippen LogP contribution in [0.2, 0.25) is 0 Å². The van der Waals surface area contributed by atoms with Crippen LogP contribution in [-0.4, -0.2) is 22.2 Å². The SMILES string of the molecule is O=[N+]([O-])c1ccc(N/N=C/C(F)(F)F)c([N+](=O)[O-])c1. The molecule has 0 saturated heterocycles. The quantitative estimate of drug-likeness (QED) is 0.516. The van der Waals surface area contributed by atoms with Crippen LogP contribution in [-0.2, 0) is 0 Å². The third-order valence-corrected chi connectivity index (χ3v) is 1.78. The van der Waals surface area contributed by atoms with Crippen LogP contribution in [0.25, 0.3) is 0 Å². The molecule has 19 heavy (non-hydrogen) atoms. The van der Waals surface area contributed by atoms with Gasteiger partial charge in [0.25, 0.3) is 5.69 Å². The van der Waals surface area contributed by atoms with Gasteiger partial charge in [0, 0.05) is 6.07 Å². The lowest BCUT2D eigenvalue weighted by atomic mass is 10.2. The van der Waals surface area contributed by atoms with E-state index in [1.54, 1.807) is 5.43 Å². The molecular formula is C8H5F3N4O4. The summed E-state index contributed by atoms with van der Waals surface area (Å²) in [5.41, 5.74) is 0.0957. The predicted molar refractivity (Wildman–Crippen MR) is 57.9 cm³/mol. The molecular weight excluding hydrogens is 273 g/mol. The maximum Gasteiger partial charge on any atom is 0.428 e. The Morgan fingerprint density at radius 1 is 1.21 bits per heavy atom. The average molecular weight is 278 g/mol. The van der Waals surface area contributed by atoms with Gasteiger partial charge in [0.05, 0.1) is 15.9 Å². The van der Waals surface area contributed by atoms with Gasteiger partial charge in [-0.05, 0) is 6.07 Å². The molecule has 0 spiro atoms. The van der Waals surface area contributed by atoms with Crippen molar-refractivity contribution in [3.05, 3.63) is 38.4 Å². The summed E-state index contributed by atoms with van der Waals surface area (Å²) in [4.78, 5) is 19.2. The van der Waals surface area contributed by atoms with E-state index in [9.17, 15) is 33.4 Å². The molecule has 102 valence electrons. The van der Waals surface area contributed by atoms with Gasteiger partial charge in [0.15, 0.2) is 0 Å².